The van der Waals surface area contributed by atoms with Gasteiger partial charge < -0.3 is 24.2 Å². The molecule has 0 saturated carbocycles. The van der Waals surface area contributed by atoms with Crippen LogP contribution in [0.1, 0.15) is 35.2 Å². The molecule has 2 aliphatic heterocycles. The van der Waals surface area contributed by atoms with Gasteiger partial charge in [-0.1, -0.05) is 6.42 Å². The molecular weight excluding hydrogens is 348 g/mol. The van der Waals surface area contributed by atoms with E-state index in [0.29, 0.717) is 35.3 Å². The number of carboxylic acid groups (broad SMARTS) is 1. The first-order valence-electron chi connectivity index (χ1n) is 9.60. The first kappa shape index (κ1) is 19.8. The average molecular weight is 378 g/mol. The quantitative estimate of drug-likeness (QED) is 0.779. The molecule has 1 N–H and O–H groups in total. The van der Waals surface area contributed by atoms with E-state index in [-0.39, 0.29) is 5.56 Å². The molecule has 1 aromatic rings. The zero-order valence-electron chi connectivity index (χ0n) is 16.5. The van der Waals surface area contributed by atoms with Crippen molar-refractivity contribution in [2.24, 2.45) is 0 Å². The molecule has 1 aromatic carbocycles. The number of aromatic carboxylic acids is 1. The van der Waals surface area contributed by atoms with Crippen LogP contribution in [0, 0.1) is 0 Å². The molecule has 7 heteroatoms. The summed E-state index contributed by atoms with van der Waals surface area (Å²) in [6.45, 7) is 5.19. The molecule has 0 amide bonds. The minimum absolute atomic E-state index is 0.209. The van der Waals surface area contributed by atoms with E-state index in [0.717, 1.165) is 26.2 Å². The van der Waals surface area contributed by atoms with Crippen LogP contribution in [0.2, 0.25) is 0 Å². The lowest BCUT2D eigenvalue weighted by atomic mass is 9.98. The van der Waals surface area contributed by atoms with Crippen molar-refractivity contribution in [2.45, 2.75) is 31.7 Å². The number of carbonyl (C=O) groups is 1. The summed E-state index contributed by atoms with van der Waals surface area (Å²) >= 11 is 0. The summed E-state index contributed by atoms with van der Waals surface area (Å²) in [7, 11) is 4.56. The monoisotopic (exact) mass is 378 g/mol. The standard InChI is InChI=1S/C20H30N2O5/c1-25-17-12-16(20(23)24)15(18(26-2)19(17)27-3)7-9-21-10-11-22-8-5-4-6-14(22)13-21/h12,14H,4-11,13H2,1-3H3,(H,23,24). The molecule has 2 aliphatic rings. The molecule has 3 rings (SSSR count). The Balaban J connectivity index is 1.80. The number of hydrogen-bond donors (Lipinski definition) is 1. The van der Waals surface area contributed by atoms with Crippen LogP contribution in [-0.2, 0) is 6.42 Å². The third kappa shape index (κ3) is 4.14. The Bertz CT molecular complexity index is 679. The second-order valence-electron chi connectivity index (χ2n) is 7.21. The normalized spacial score (nSPS) is 20.8. The minimum Gasteiger partial charge on any atom is -0.493 e. The van der Waals surface area contributed by atoms with Gasteiger partial charge in [0.05, 0.1) is 26.9 Å². The maximum absolute atomic E-state index is 11.8. The number of ether oxygens (including phenoxy) is 3. The highest BCUT2D eigenvalue weighted by molar-refractivity contribution is 5.92. The van der Waals surface area contributed by atoms with Crippen LogP contribution in [0.3, 0.4) is 0 Å². The van der Waals surface area contributed by atoms with Gasteiger partial charge in [0.1, 0.15) is 0 Å². The number of benzene rings is 1. The van der Waals surface area contributed by atoms with Crippen LogP contribution in [0.5, 0.6) is 17.2 Å². The second-order valence-corrected chi connectivity index (χ2v) is 7.21. The van der Waals surface area contributed by atoms with E-state index in [1.165, 1.54) is 53.2 Å². The Morgan fingerprint density at radius 1 is 1.11 bits per heavy atom. The van der Waals surface area contributed by atoms with E-state index < -0.39 is 5.97 Å². The van der Waals surface area contributed by atoms with Crippen molar-refractivity contribution in [1.82, 2.24) is 9.80 Å². The predicted octanol–water partition coefficient (Wildman–Crippen LogP) is 2.12. The molecule has 2 fully saturated rings. The van der Waals surface area contributed by atoms with Crippen molar-refractivity contribution < 1.29 is 24.1 Å². The van der Waals surface area contributed by atoms with E-state index in [1.807, 2.05) is 0 Å². The fraction of sp³-hybridized carbons (Fsp3) is 0.650. The van der Waals surface area contributed by atoms with E-state index >= 15 is 0 Å². The Labute approximate surface area is 160 Å². The fourth-order valence-electron chi connectivity index (χ4n) is 4.35. The van der Waals surface area contributed by atoms with Gasteiger partial charge in [-0.15, -0.1) is 0 Å². The molecule has 7 nitrogen and oxygen atoms in total. The third-order valence-corrected chi connectivity index (χ3v) is 5.76. The molecule has 0 aromatic heterocycles. The molecule has 2 heterocycles. The number of nitrogens with zero attached hydrogens (tertiary/aromatic N) is 2. The topological polar surface area (TPSA) is 71.5 Å². The largest absolute Gasteiger partial charge is 0.493 e. The molecule has 0 radical (unpaired) electrons. The molecular formula is C20H30N2O5. The van der Waals surface area contributed by atoms with Crippen LogP contribution in [-0.4, -0.2) is 81.0 Å². The number of methoxy groups -OCH3 is 3. The first-order valence-corrected chi connectivity index (χ1v) is 9.60. The van der Waals surface area contributed by atoms with Crippen molar-refractivity contribution in [3.63, 3.8) is 0 Å². The van der Waals surface area contributed by atoms with Gasteiger partial charge in [-0.05, 0) is 31.9 Å². The van der Waals surface area contributed by atoms with Crippen molar-refractivity contribution in [3.05, 3.63) is 17.2 Å². The first-order chi connectivity index (χ1) is 13.1. The average Bonchev–Trinajstić information content (AvgIpc) is 2.70. The molecule has 0 aliphatic carbocycles. The van der Waals surface area contributed by atoms with Gasteiger partial charge in [0.25, 0.3) is 0 Å². The fourth-order valence-corrected chi connectivity index (χ4v) is 4.35. The van der Waals surface area contributed by atoms with E-state index in [2.05, 4.69) is 9.80 Å². The van der Waals surface area contributed by atoms with Gasteiger partial charge in [0.2, 0.25) is 5.75 Å². The molecule has 0 spiro atoms. The molecule has 0 bridgehead atoms. The summed E-state index contributed by atoms with van der Waals surface area (Å²) in [6.07, 6.45) is 4.47. The summed E-state index contributed by atoms with van der Waals surface area (Å²) in [5.74, 6) is 0.273. The summed E-state index contributed by atoms with van der Waals surface area (Å²) in [5, 5.41) is 9.69. The van der Waals surface area contributed by atoms with Gasteiger partial charge in [0, 0.05) is 37.8 Å². The molecule has 27 heavy (non-hydrogen) atoms. The molecule has 1 unspecified atom stereocenters. The number of rotatable bonds is 7. The lowest BCUT2D eigenvalue weighted by molar-refractivity contribution is 0.0498. The Hall–Kier alpha value is -1.99. The Morgan fingerprint density at radius 2 is 1.89 bits per heavy atom. The molecule has 2 saturated heterocycles. The summed E-state index contributed by atoms with van der Waals surface area (Å²) in [6, 6.07) is 2.16. The highest BCUT2D eigenvalue weighted by Crippen LogP contribution is 2.42. The van der Waals surface area contributed by atoms with Crippen LogP contribution < -0.4 is 14.2 Å². The second kappa shape index (κ2) is 8.80. The van der Waals surface area contributed by atoms with Crippen molar-refractivity contribution >= 4 is 5.97 Å². The number of fused-ring (bicyclic) bond motifs is 1. The van der Waals surface area contributed by atoms with Crippen LogP contribution in [0.4, 0.5) is 0 Å². The van der Waals surface area contributed by atoms with E-state index in [1.54, 1.807) is 0 Å². The third-order valence-electron chi connectivity index (χ3n) is 5.76. The zero-order valence-corrected chi connectivity index (χ0v) is 16.5. The minimum atomic E-state index is -0.985. The summed E-state index contributed by atoms with van der Waals surface area (Å²) < 4.78 is 16.3. The number of carboxylic acids is 1. The maximum Gasteiger partial charge on any atom is 0.336 e. The Morgan fingerprint density at radius 3 is 2.56 bits per heavy atom. The van der Waals surface area contributed by atoms with Crippen molar-refractivity contribution in [1.29, 1.82) is 0 Å². The number of hydrogen-bond acceptors (Lipinski definition) is 6. The van der Waals surface area contributed by atoms with Crippen LogP contribution >= 0.6 is 0 Å². The zero-order chi connectivity index (χ0) is 19.4. The van der Waals surface area contributed by atoms with Gasteiger partial charge in [-0.3, -0.25) is 4.90 Å². The van der Waals surface area contributed by atoms with Crippen molar-refractivity contribution in [2.75, 3.05) is 54.1 Å². The van der Waals surface area contributed by atoms with Gasteiger partial charge in [-0.25, -0.2) is 4.79 Å². The maximum atomic E-state index is 11.8. The van der Waals surface area contributed by atoms with E-state index in [4.69, 9.17) is 14.2 Å². The molecule has 150 valence electrons. The Kier molecular flexibility index (Phi) is 6.44. The highest BCUT2D eigenvalue weighted by Gasteiger charge is 2.30. The van der Waals surface area contributed by atoms with Crippen LogP contribution in [0.15, 0.2) is 6.07 Å². The number of piperidine rings is 1. The SMILES string of the molecule is COc1cc(C(=O)O)c(CCN2CCN3CCCCC3C2)c(OC)c1OC. The summed E-state index contributed by atoms with van der Waals surface area (Å²) in [4.78, 5) is 16.9. The lowest BCUT2D eigenvalue weighted by Crippen LogP contribution is -2.55. The van der Waals surface area contributed by atoms with E-state index in [9.17, 15) is 9.90 Å². The highest BCUT2D eigenvalue weighted by atomic mass is 16.5. The predicted molar refractivity (Wildman–Crippen MR) is 102 cm³/mol. The molecule has 1 atom stereocenters. The number of piperazine rings is 1. The lowest BCUT2D eigenvalue weighted by Gasteiger charge is -2.44. The van der Waals surface area contributed by atoms with Gasteiger partial charge >= 0.3 is 5.97 Å². The smallest absolute Gasteiger partial charge is 0.336 e. The van der Waals surface area contributed by atoms with Gasteiger partial charge in [0.15, 0.2) is 11.5 Å². The van der Waals surface area contributed by atoms with Gasteiger partial charge in [-0.2, -0.15) is 0 Å². The van der Waals surface area contributed by atoms with Crippen molar-refractivity contribution in [3.8, 4) is 17.2 Å². The summed E-state index contributed by atoms with van der Waals surface area (Å²) in [5.41, 5.74) is 0.870. The van der Waals surface area contributed by atoms with Crippen LogP contribution in [0.25, 0.3) is 0 Å².